The Balaban J connectivity index is 2.24. The van der Waals surface area contributed by atoms with Crippen LogP contribution in [0.4, 0.5) is 17.2 Å². The number of nitrogens with one attached hydrogen (secondary N) is 1. The van der Waals surface area contributed by atoms with Crippen molar-refractivity contribution in [2.45, 2.75) is 18.9 Å². The summed E-state index contributed by atoms with van der Waals surface area (Å²) >= 11 is 6.00. The molecule has 2 heterocycles. The molecular weight excluding hydrogens is 270 g/mol. The summed E-state index contributed by atoms with van der Waals surface area (Å²) in [6.45, 7) is 1.90. The van der Waals surface area contributed by atoms with E-state index in [1.807, 2.05) is 0 Å². The maximum absolute atomic E-state index is 11.1. The molecule has 0 spiro atoms. The van der Waals surface area contributed by atoms with E-state index in [1.165, 1.54) is 6.20 Å². The topological polar surface area (TPSA) is 97.3 Å². The number of pyridine rings is 1. The molecule has 0 saturated carbocycles. The summed E-state index contributed by atoms with van der Waals surface area (Å²) in [6, 6.07) is 0.161. The van der Waals surface area contributed by atoms with Crippen molar-refractivity contribution < 1.29 is 4.92 Å². The molecule has 104 valence electrons. The van der Waals surface area contributed by atoms with Crippen LogP contribution < -0.4 is 11.1 Å². The molecule has 0 unspecified atom stereocenters. The molecular formula is C11H16ClN5O2. The molecule has 2 rings (SSSR count). The normalized spacial score (nSPS) is 17.4. The van der Waals surface area contributed by atoms with Gasteiger partial charge in [-0.15, -0.1) is 0 Å². The number of hydrogen-bond acceptors (Lipinski definition) is 6. The van der Waals surface area contributed by atoms with Crippen LogP contribution in [-0.2, 0) is 0 Å². The highest BCUT2D eigenvalue weighted by atomic mass is 35.5. The summed E-state index contributed by atoms with van der Waals surface area (Å²) in [5, 5.41) is 14.4. The lowest BCUT2D eigenvalue weighted by Gasteiger charge is -2.30. The molecule has 1 aliphatic heterocycles. The Bertz CT molecular complexity index is 488. The number of nitrogens with two attached hydrogens (primary N) is 1. The number of nitro groups is 1. The van der Waals surface area contributed by atoms with Gasteiger partial charge in [0.05, 0.1) is 16.1 Å². The van der Waals surface area contributed by atoms with Gasteiger partial charge in [-0.25, -0.2) is 4.98 Å². The smallest absolute Gasteiger partial charge is 0.335 e. The van der Waals surface area contributed by atoms with Gasteiger partial charge in [-0.1, -0.05) is 11.6 Å². The van der Waals surface area contributed by atoms with Crippen molar-refractivity contribution in [3.63, 3.8) is 0 Å². The lowest BCUT2D eigenvalue weighted by Crippen LogP contribution is -2.36. The first-order valence-electron chi connectivity index (χ1n) is 6.02. The van der Waals surface area contributed by atoms with Gasteiger partial charge in [-0.3, -0.25) is 10.1 Å². The average molecular weight is 286 g/mol. The largest absolute Gasteiger partial charge is 0.378 e. The summed E-state index contributed by atoms with van der Waals surface area (Å²) < 4.78 is 0. The Kier molecular flexibility index (Phi) is 4.06. The fourth-order valence-electron chi connectivity index (χ4n) is 2.17. The first-order valence-corrected chi connectivity index (χ1v) is 6.40. The molecule has 1 fully saturated rings. The van der Waals surface area contributed by atoms with Crippen LogP contribution in [0.25, 0.3) is 0 Å². The zero-order valence-corrected chi connectivity index (χ0v) is 11.4. The van der Waals surface area contributed by atoms with Gasteiger partial charge in [0.15, 0.2) is 0 Å². The minimum atomic E-state index is -0.550. The SMILES string of the molecule is CN1CCC(Nc2c(Cl)cnc(N)c2[N+](=O)[O-])CC1. The summed E-state index contributed by atoms with van der Waals surface area (Å²) in [5.74, 6) is -0.121. The molecule has 0 amide bonds. The lowest BCUT2D eigenvalue weighted by molar-refractivity contribution is -0.383. The minimum Gasteiger partial charge on any atom is -0.378 e. The number of nitrogen functional groups attached to an aromatic ring is 1. The van der Waals surface area contributed by atoms with E-state index in [-0.39, 0.29) is 28.3 Å². The Hall–Kier alpha value is -1.60. The number of aromatic nitrogens is 1. The molecule has 0 aromatic carbocycles. The third-order valence-corrected chi connectivity index (χ3v) is 3.57. The van der Waals surface area contributed by atoms with E-state index in [4.69, 9.17) is 17.3 Å². The van der Waals surface area contributed by atoms with Crippen LogP contribution in [0.1, 0.15) is 12.8 Å². The van der Waals surface area contributed by atoms with Crippen molar-refractivity contribution in [1.29, 1.82) is 0 Å². The summed E-state index contributed by atoms with van der Waals surface area (Å²) in [5.41, 5.74) is 5.59. The molecule has 0 atom stereocenters. The fraction of sp³-hybridized carbons (Fsp3) is 0.545. The van der Waals surface area contributed by atoms with Crippen molar-refractivity contribution in [3.05, 3.63) is 21.3 Å². The van der Waals surface area contributed by atoms with Crippen LogP contribution in [0.15, 0.2) is 6.20 Å². The molecule has 1 saturated heterocycles. The van der Waals surface area contributed by atoms with Gasteiger partial charge in [-0.05, 0) is 33.0 Å². The number of anilines is 2. The van der Waals surface area contributed by atoms with Gasteiger partial charge in [0.1, 0.15) is 5.69 Å². The number of nitrogens with zero attached hydrogens (tertiary/aromatic N) is 3. The second-order valence-electron chi connectivity index (χ2n) is 4.69. The molecule has 8 heteroatoms. The third kappa shape index (κ3) is 3.05. The van der Waals surface area contributed by atoms with Crippen molar-refractivity contribution in [2.24, 2.45) is 0 Å². The third-order valence-electron chi connectivity index (χ3n) is 3.28. The van der Waals surface area contributed by atoms with E-state index < -0.39 is 4.92 Å². The molecule has 1 aliphatic rings. The van der Waals surface area contributed by atoms with Crippen molar-refractivity contribution in [2.75, 3.05) is 31.2 Å². The molecule has 0 radical (unpaired) electrons. The Morgan fingerprint density at radius 2 is 2.21 bits per heavy atom. The van der Waals surface area contributed by atoms with Crippen LogP contribution in [-0.4, -0.2) is 41.0 Å². The number of rotatable bonds is 3. The zero-order chi connectivity index (χ0) is 14.0. The highest BCUT2D eigenvalue weighted by Gasteiger charge is 2.26. The molecule has 0 aliphatic carbocycles. The average Bonchev–Trinajstić information content (AvgIpc) is 2.36. The molecule has 1 aromatic rings. The first kappa shape index (κ1) is 13.8. The highest BCUT2D eigenvalue weighted by molar-refractivity contribution is 6.33. The second kappa shape index (κ2) is 5.58. The van der Waals surface area contributed by atoms with Crippen LogP contribution in [0.3, 0.4) is 0 Å². The maximum Gasteiger partial charge on any atom is 0.335 e. The monoisotopic (exact) mass is 285 g/mol. The van der Waals surface area contributed by atoms with Gasteiger partial charge in [0.25, 0.3) is 0 Å². The molecule has 1 aromatic heterocycles. The summed E-state index contributed by atoms with van der Waals surface area (Å²) in [7, 11) is 2.05. The quantitative estimate of drug-likeness (QED) is 0.648. The van der Waals surface area contributed by atoms with Gasteiger partial charge >= 0.3 is 5.69 Å². The second-order valence-corrected chi connectivity index (χ2v) is 5.10. The number of piperidine rings is 1. The Morgan fingerprint density at radius 3 is 2.79 bits per heavy atom. The first-order chi connectivity index (χ1) is 8.99. The molecule has 3 N–H and O–H groups in total. The van der Waals surface area contributed by atoms with E-state index in [0.29, 0.717) is 0 Å². The van der Waals surface area contributed by atoms with E-state index in [0.717, 1.165) is 25.9 Å². The summed E-state index contributed by atoms with van der Waals surface area (Å²) in [6.07, 6.45) is 3.15. The predicted molar refractivity (Wildman–Crippen MR) is 74.5 cm³/mol. The zero-order valence-electron chi connectivity index (χ0n) is 10.6. The maximum atomic E-state index is 11.1. The van der Waals surface area contributed by atoms with Gasteiger partial charge in [-0.2, -0.15) is 0 Å². The predicted octanol–water partition coefficient (Wildman–Crippen LogP) is 1.73. The standard InChI is InChI=1S/C11H16ClN5O2/c1-16-4-2-7(3-5-16)15-9-8(12)6-14-11(13)10(9)17(18)19/h6-7H,2-5H2,1H3,(H3,13,14,15). The number of halogens is 1. The lowest BCUT2D eigenvalue weighted by atomic mass is 10.1. The van der Waals surface area contributed by atoms with Gasteiger partial charge in [0.2, 0.25) is 5.82 Å². The van der Waals surface area contributed by atoms with Gasteiger partial charge in [0, 0.05) is 6.04 Å². The van der Waals surface area contributed by atoms with E-state index in [1.54, 1.807) is 0 Å². The van der Waals surface area contributed by atoms with Crippen LogP contribution >= 0.6 is 11.6 Å². The highest BCUT2D eigenvalue weighted by Crippen LogP contribution is 2.36. The van der Waals surface area contributed by atoms with E-state index in [9.17, 15) is 10.1 Å². The summed E-state index contributed by atoms with van der Waals surface area (Å²) in [4.78, 5) is 16.5. The Morgan fingerprint density at radius 1 is 1.58 bits per heavy atom. The molecule has 0 bridgehead atoms. The minimum absolute atomic E-state index is 0.121. The van der Waals surface area contributed by atoms with Crippen molar-refractivity contribution >= 4 is 28.8 Å². The van der Waals surface area contributed by atoms with Gasteiger partial charge < -0.3 is 16.0 Å². The number of likely N-dealkylation sites (tertiary alicyclic amines) is 1. The van der Waals surface area contributed by atoms with Crippen LogP contribution in [0.5, 0.6) is 0 Å². The Labute approximate surface area is 115 Å². The van der Waals surface area contributed by atoms with Crippen LogP contribution in [0, 0.1) is 10.1 Å². The number of hydrogen-bond donors (Lipinski definition) is 2. The van der Waals surface area contributed by atoms with Crippen molar-refractivity contribution in [3.8, 4) is 0 Å². The van der Waals surface area contributed by atoms with Crippen LogP contribution in [0.2, 0.25) is 5.02 Å². The van der Waals surface area contributed by atoms with Crippen molar-refractivity contribution in [1.82, 2.24) is 9.88 Å². The van der Waals surface area contributed by atoms with E-state index in [2.05, 4.69) is 22.2 Å². The fourth-order valence-corrected chi connectivity index (χ4v) is 2.37. The molecule has 7 nitrogen and oxygen atoms in total. The molecule has 19 heavy (non-hydrogen) atoms. The van der Waals surface area contributed by atoms with E-state index >= 15 is 0 Å².